The summed E-state index contributed by atoms with van der Waals surface area (Å²) in [5.74, 6) is -1.77. The van der Waals surface area contributed by atoms with Crippen molar-refractivity contribution in [2.45, 2.75) is 63.5 Å². The Kier molecular flexibility index (Phi) is 9.19. The van der Waals surface area contributed by atoms with Crippen LogP contribution < -0.4 is 10.1 Å². The van der Waals surface area contributed by atoms with Gasteiger partial charge in [-0.1, -0.05) is 18.9 Å². The maximum atomic E-state index is 13.2. The smallest absolute Gasteiger partial charge is 0.407 e. The Morgan fingerprint density at radius 3 is 2.34 bits per heavy atom. The largest absolute Gasteiger partial charge is 0.493 e. The van der Waals surface area contributed by atoms with Crippen molar-refractivity contribution in [3.63, 3.8) is 0 Å². The highest BCUT2D eigenvalue weighted by atomic mass is 16.5. The van der Waals surface area contributed by atoms with Crippen LogP contribution in [0.4, 0.5) is 4.79 Å². The van der Waals surface area contributed by atoms with Gasteiger partial charge in [0.1, 0.15) is 11.8 Å². The van der Waals surface area contributed by atoms with Gasteiger partial charge in [-0.05, 0) is 50.8 Å². The summed E-state index contributed by atoms with van der Waals surface area (Å²) in [5.41, 5.74) is 0.414. The predicted octanol–water partition coefficient (Wildman–Crippen LogP) is 1.79. The number of fused-ring (bicyclic) bond motifs is 1. The molecule has 1 aromatic rings. The second kappa shape index (κ2) is 13.0. The Balaban J connectivity index is 0.990. The fourth-order valence-corrected chi connectivity index (χ4v) is 6.35. The van der Waals surface area contributed by atoms with Gasteiger partial charge in [-0.3, -0.25) is 34.3 Å². The standard InChI is InChI=1S/C29H39N5O7/c35-24-9-8-22(26(36)30-24)34-27(37)21-6-5-7-23(25(21)28(34)38)41-19-4-2-1-3-12-31-15-17-32(18-16-31)20-10-13-33(14-11-20)29(39)40/h5-7,20,22H,1-4,8-19H2,(H,39,40)(H,30,35,36). The molecule has 5 rings (SSSR count). The number of benzene rings is 1. The number of hydrogen-bond acceptors (Lipinski definition) is 8. The van der Waals surface area contributed by atoms with Gasteiger partial charge in [0.05, 0.1) is 17.7 Å². The summed E-state index contributed by atoms with van der Waals surface area (Å²) >= 11 is 0. The number of piperazine rings is 1. The van der Waals surface area contributed by atoms with Crippen LogP contribution in [0.15, 0.2) is 18.2 Å². The van der Waals surface area contributed by atoms with Crippen LogP contribution in [0.5, 0.6) is 5.75 Å². The van der Waals surface area contributed by atoms with Crippen molar-refractivity contribution in [3.8, 4) is 5.75 Å². The highest BCUT2D eigenvalue weighted by molar-refractivity contribution is 6.24. The number of carbonyl (C=O) groups excluding carboxylic acids is 4. The van der Waals surface area contributed by atoms with Crippen molar-refractivity contribution >= 4 is 29.7 Å². The molecule has 222 valence electrons. The Hall–Kier alpha value is -3.51. The fraction of sp³-hybridized carbons (Fsp3) is 0.621. The maximum absolute atomic E-state index is 13.2. The molecule has 4 aliphatic rings. The zero-order valence-corrected chi connectivity index (χ0v) is 23.4. The summed E-state index contributed by atoms with van der Waals surface area (Å²) in [5, 5.41) is 11.4. The van der Waals surface area contributed by atoms with Gasteiger partial charge in [0, 0.05) is 51.7 Å². The van der Waals surface area contributed by atoms with E-state index in [1.807, 2.05) is 0 Å². The molecule has 0 aliphatic carbocycles. The lowest BCUT2D eigenvalue weighted by Crippen LogP contribution is -2.54. The number of imide groups is 2. The van der Waals surface area contributed by atoms with Crippen LogP contribution in [0.25, 0.3) is 0 Å². The SMILES string of the molecule is O=C1CCC(N2C(=O)c3cccc(OCCCCCCN4CCN(C5CCN(C(=O)O)CC5)CC4)c3C2=O)C(=O)N1. The lowest BCUT2D eigenvalue weighted by molar-refractivity contribution is -0.136. The van der Waals surface area contributed by atoms with Crippen molar-refractivity contribution in [1.29, 1.82) is 0 Å². The molecule has 1 unspecified atom stereocenters. The zero-order valence-electron chi connectivity index (χ0n) is 23.4. The quantitative estimate of drug-likeness (QED) is 0.319. The van der Waals surface area contributed by atoms with Crippen molar-refractivity contribution < 1.29 is 33.8 Å². The monoisotopic (exact) mass is 569 g/mol. The van der Waals surface area contributed by atoms with E-state index in [9.17, 15) is 24.0 Å². The Labute approximate surface area is 239 Å². The van der Waals surface area contributed by atoms with Gasteiger partial charge in [0.15, 0.2) is 0 Å². The molecular formula is C29H39N5O7. The number of nitrogens with one attached hydrogen (secondary N) is 1. The number of piperidine rings is 2. The molecule has 2 N–H and O–H groups in total. The van der Waals surface area contributed by atoms with Crippen LogP contribution in [0.2, 0.25) is 0 Å². The van der Waals surface area contributed by atoms with E-state index in [2.05, 4.69) is 15.1 Å². The normalized spacial score (nSPS) is 22.7. The van der Waals surface area contributed by atoms with E-state index in [1.54, 1.807) is 18.2 Å². The number of likely N-dealkylation sites (tertiary alicyclic amines) is 1. The summed E-state index contributed by atoms with van der Waals surface area (Å²) in [6.45, 7) is 6.91. The number of hydrogen-bond donors (Lipinski definition) is 2. The molecule has 0 bridgehead atoms. The van der Waals surface area contributed by atoms with Crippen molar-refractivity contribution in [2.24, 2.45) is 0 Å². The van der Waals surface area contributed by atoms with E-state index in [0.29, 0.717) is 31.5 Å². The topological polar surface area (TPSA) is 140 Å². The van der Waals surface area contributed by atoms with Gasteiger partial charge in [-0.15, -0.1) is 0 Å². The van der Waals surface area contributed by atoms with Gasteiger partial charge in [-0.25, -0.2) is 4.79 Å². The summed E-state index contributed by atoms with van der Waals surface area (Å²) < 4.78 is 5.93. The van der Waals surface area contributed by atoms with Gasteiger partial charge in [-0.2, -0.15) is 0 Å². The average Bonchev–Trinajstić information content (AvgIpc) is 3.23. The molecule has 3 fully saturated rings. The molecule has 41 heavy (non-hydrogen) atoms. The molecule has 12 heteroatoms. The van der Waals surface area contributed by atoms with Crippen LogP contribution in [-0.2, 0) is 9.59 Å². The van der Waals surface area contributed by atoms with E-state index in [-0.39, 0.29) is 24.0 Å². The van der Waals surface area contributed by atoms with Crippen LogP contribution in [0.1, 0.15) is 72.1 Å². The molecule has 0 saturated carbocycles. The molecule has 4 heterocycles. The van der Waals surface area contributed by atoms with E-state index in [4.69, 9.17) is 9.84 Å². The molecule has 12 nitrogen and oxygen atoms in total. The first-order valence-corrected chi connectivity index (χ1v) is 14.7. The third-order valence-electron chi connectivity index (χ3n) is 8.71. The molecule has 1 aromatic carbocycles. The number of unbranched alkanes of at least 4 members (excludes halogenated alkanes) is 3. The number of ether oxygens (including phenoxy) is 1. The van der Waals surface area contributed by atoms with E-state index < -0.39 is 35.8 Å². The molecule has 0 radical (unpaired) electrons. The van der Waals surface area contributed by atoms with Gasteiger partial charge < -0.3 is 19.6 Å². The molecule has 5 amide bonds. The number of carbonyl (C=O) groups is 5. The highest BCUT2D eigenvalue weighted by Gasteiger charge is 2.46. The van der Waals surface area contributed by atoms with Crippen molar-refractivity contribution in [1.82, 2.24) is 24.9 Å². The minimum atomic E-state index is -0.993. The average molecular weight is 570 g/mol. The van der Waals surface area contributed by atoms with E-state index >= 15 is 0 Å². The molecule has 3 saturated heterocycles. The number of carboxylic acid groups (broad SMARTS) is 1. The van der Waals surface area contributed by atoms with Gasteiger partial charge >= 0.3 is 6.09 Å². The molecule has 0 spiro atoms. The first kappa shape index (κ1) is 29.0. The third kappa shape index (κ3) is 6.54. The molecule has 4 aliphatic heterocycles. The summed E-state index contributed by atoms with van der Waals surface area (Å²) in [4.78, 5) is 68.5. The highest BCUT2D eigenvalue weighted by Crippen LogP contribution is 2.33. The fourth-order valence-electron chi connectivity index (χ4n) is 6.35. The summed E-state index contributed by atoms with van der Waals surface area (Å²) in [7, 11) is 0. The minimum Gasteiger partial charge on any atom is -0.493 e. The zero-order chi connectivity index (χ0) is 28.9. The van der Waals surface area contributed by atoms with Gasteiger partial charge in [0.2, 0.25) is 11.8 Å². The number of nitrogens with zero attached hydrogens (tertiary/aromatic N) is 4. The predicted molar refractivity (Wildman–Crippen MR) is 148 cm³/mol. The van der Waals surface area contributed by atoms with Crippen molar-refractivity contribution in [3.05, 3.63) is 29.3 Å². The molecule has 1 atom stereocenters. The van der Waals surface area contributed by atoms with Crippen LogP contribution in [0.3, 0.4) is 0 Å². The lowest BCUT2D eigenvalue weighted by Gasteiger charge is -2.42. The van der Waals surface area contributed by atoms with Crippen LogP contribution in [0, 0.1) is 0 Å². The van der Waals surface area contributed by atoms with Crippen LogP contribution >= 0.6 is 0 Å². The second-order valence-electron chi connectivity index (χ2n) is 11.3. The Morgan fingerprint density at radius 2 is 1.63 bits per heavy atom. The molecular weight excluding hydrogens is 530 g/mol. The van der Waals surface area contributed by atoms with E-state index in [1.165, 1.54) is 4.90 Å². The third-order valence-corrected chi connectivity index (χ3v) is 8.71. The number of amides is 5. The van der Waals surface area contributed by atoms with Crippen LogP contribution in [-0.4, -0.2) is 119 Å². The lowest BCUT2D eigenvalue weighted by atomic mass is 10.0. The Bertz CT molecular complexity index is 1170. The Morgan fingerprint density at radius 1 is 0.902 bits per heavy atom. The summed E-state index contributed by atoms with van der Waals surface area (Å²) in [6, 6.07) is 4.41. The minimum absolute atomic E-state index is 0.0823. The molecule has 0 aromatic heterocycles. The van der Waals surface area contributed by atoms with E-state index in [0.717, 1.165) is 76.1 Å². The first-order valence-electron chi connectivity index (χ1n) is 14.7. The van der Waals surface area contributed by atoms with Gasteiger partial charge in [0.25, 0.3) is 11.8 Å². The van der Waals surface area contributed by atoms with Crippen molar-refractivity contribution in [2.75, 3.05) is 52.4 Å². The maximum Gasteiger partial charge on any atom is 0.407 e. The second-order valence-corrected chi connectivity index (χ2v) is 11.3. The summed E-state index contributed by atoms with van der Waals surface area (Å²) in [6.07, 6.45) is 5.22. The number of rotatable bonds is 10. The first-order chi connectivity index (χ1) is 19.8.